The molecule has 60 valence electrons. The summed E-state index contributed by atoms with van der Waals surface area (Å²) in [5, 5.41) is 0. The van der Waals surface area contributed by atoms with Crippen molar-refractivity contribution in [2.24, 2.45) is 5.73 Å². The van der Waals surface area contributed by atoms with E-state index < -0.39 is 27.7 Å². The molecule has 0 fully saturated rings. The van der Waals surface area contributed by atoms with Crippen LogP contribution >= 0.6 is 0 Å². The molecule has 3 N–H and O–H groups in total. The normalized spacial score (nSPS) is 14.7. The van der Waals surface area contributed by atoms with Crippen molar-refractivity contribution in [1.29, 1.82) is 0 Å². The highest BCUT2D eigenvalue weighted by molar-refractivity contribution is 7.85. The molecule has 0 aliphatic carbocycles. The van der Waals surface area contributed by atoms with E-state index in [0.29, 0.717) is 0 Å². The van der Waals surface area contributed by atoms with Crippen LogP contribution in [0.2, 0.25) is 0 Å². The minimum Gasteiger partial charge on any atom is -0.321 e. The van der Waals surface area contributed by atoms with Crippen molar-refractivity contribution in [2.45, 2.75) is 13.0 Å². The second-order valence-corrected chi connectivity index (χ2v) is 3.46. The quantitative estimate of drug-likeness (QED) is 0.514. The van der Waals surface area contributed by atoms with Crippen LogP contribution in [0.4, 0.5) is 0 Å². The summed E-state index contributed by atoms with van der Waals surface area (Å²) >= 11 is 0. The average molecular weight is 167 g/mol. The molecule has 0 aliphatic heterocycles. The van der Waals surface area contributed by atoms with Crippen LogP contribution in [0.1, 0.15) is 6.92 Å². The van der Waals surface area contributed by atoms with Crippen LogP contribution in [0, 0.1) is 0 Å². The predicted octanol–water partition coefficient (Wildman–Crippen LogP) is -1.21. The number of hydrogen-bond acceptors (Lipinski definition) is 4. The van der Waals surface area contributed by atoms with E-state index in [1.807, 2.05) is 0 Å². The molecule has 0 heterocycles. The lowest BCUT2D eigenvalue weighted by atomic mass is 10.3. The molecule has 1 atom stereocenters. The molecular formula is C4H9NO4S. The van der Waals surface area contributed by atoms with E-state index in [0.717, 1.165) is 6.92 Å². The van der Waals surface area contributed by atoms with Gasteiger partial charge in [-0.2, -0.15) is 8.42 Å². The molecule has 0 bridgehead atoms. The molecule has 1 unspecified atom stereocenters. The molecule has 6 heteroatoms. The van der Waals surface area contributed by atoms with Crippen LogP contribution in [-0.4, -0.2) is 30.5 Å². The second-order valence-electron chi connectivity index (χ2n) is 1.97. The molecule has 0 aromatic rings. The second kappa shape index (κ2) is 3.09. The van der Waals surface area contributed by atoms with E-state index in [1.54, 1.807) is 0 Å². The molecule has 0 spiro atoms. The Balaban J connectivity index is 4.06. The maximum Gasteiger partial charge on any atom is 0.266 e. The Morgan fingerprint density at radius 2 is 2.10 bits per heavy atom. The van der Waals surface area contributed by atoms with Crippen molar-refractivity contribution >= 4 is 15.9 Å². The number of ketones is 1. The standard InChI is InChI=1S/C4H9NO4S/c1-3(6)4(5)2-10(7,8)9/h4H,2,5H2,1H3,(H,7,8,9). The van der Waals surface area contributed by atoms with Gasteiger partial charge in [-0.25, -0.2) is 0 Å². The fourth-order valence-electron chi connectivity index (χ4n) is 0.344. The van der Waals surface area contributed by atoms with Crippen LogP contribution in [0.25, 0.3) is 0 Å². The summed E-state index contributed by atoms with van der Waals surface area (Å²) in [7, 11) is -4.11. The van der Waals surface area contributed by atoms with Gasteiger partial charge in [0.05, 0.1) is 11.8 Å². The Morgan fingerprint density at radius 1 is 1.70 bits per heavy atom. The number of carbonyl (C=O) groups is 1. The van der Waals surface area contributed by atoms with Crippen molar-refractivity contribution in [1.82, 2.24) is 0 Å². The van der Waals surface area contributed by atoms with E-state index in [1.165, 1.54) is 0 Å². The van der Waals surface area contributed by atoms with Crippen LogP contribution in [-0.2, 0) is 14.9 Å². The Morgan fingerprint density at radius 3 is 2.20 bits per heavy atom. The zero-order chi connectivity index (χ0) is 8.36. The Labute approximate surface area is 59.0 Å². The molecule has 0 aromatic heterocycles. The Hall–Kier alpha value is -0.460. The summed E-state index contributed by atoms with van der Waals surface area (Å²) in [5.41, 5.74) is 5.01. The lowest BCUT2D eigenvalue weighted by molar-refractivity contribution is -0.117. The zero-order valence-corrected chi connectivity index (χ0v) is 6.26. The number of carbonyl (C=O) groups excluding carboxylic acids is 1. The summed E-state index contributed by atoms with van der Waals surface area (Å²) < 4.78 is 28.3. The molecule has 10 heavy (non-hydrogen) atoms. The first-order valence-corrected chi connectivity index (χ1v) is 4.15. The average Bonchev–Trinajstić information content (AvgIpc) is 1.60. The largest absolute Gasteiger partial charge is 0.321 e. The van der Waals surface area contributed by atoms with Gasteiger partial charge in [0.25, 0.3) is 10.1 Å². The van der Waals surface area contributed by atoms with Crippen molar-refractivity contribution < 1.29 is 17.8 Å². The van der Waals surface area contributed by atoms with Gasteiger partial charge in [-0.15, -0.1) is 0 Å². The smallest absolute Gasteiger partial charge is 0.266 e. The monoisotopic (exact) mass is 167 g/mol. The number of nitrogens with two attached hydrogens (primary N) is 1. The fourth-order valence-corrected chi connectivity index (χ4v) is 1.03. The molecule has 0 amide bonds. The SMILES string of the molecule is CC(=O)C(N)CS(=O)(=O)O. The molecule has 0 saturated carbocycles. The highest BCUT2D eigenvalue weighted by Crippen LogP contribution is 1.88. The maximum absolute atomic E-state index is 10.3. The third kappa shape index (κ3) is 4.42. The van der Waals surface area contributed by atoms with E-state index in [-0.39, 0.29) is 0 Å². The van der Waals surface area contributed by atoms with Gasteiger partial charge < -0.3 is 5.73 Å². The summed E-state index contributed by atoms with van der Waals surface area (Å²) in [6.45, 7) is 1.16. The van der Waals surface area contributed by atoms with Gasteiger partial charge in [0.15, 0.2) is 0 Å². The van der Waals surface area contributed by atoms with Crippen molar-refractivity contribution in [3.05, 3.63) is 0 Å². The molecule has 0 aliphatic rings. The van der Waals surface area contributed by atoms with Gasteiger partial charge in [-0.3, -0.25) is 9.35 Å². The molecule has 5 nitrogen and oxygen atoms in total. The molecule has 0 saturated heterocycles. The lowest BCUT2D eigenvalue weighted by Crippen LogP contribution is -2.35. The third-order valence-electron chi connectivity index (χ3n) is 0.912. The Kier molecular flexibility index (Phi) is 2.95. The minimum absolute atomic E-state index is 0.461. The van der Waals surface area contributed by atoms with Gasteiger partial charge >= 0.3 is 0 Å². The number of rotatable bonds is 3. The van der Waals surface area contributed by atoms with Gasteiger partial charge in [0, 0.05) is 0 Å². The first-order chi connectivity index (χ1) is 4.33. The van der Waals surface area contributed by atoms with Crippen LogP contribution < -0.4 is 5.73 Å². The van der Waals surface area contributed by atoms with E-state index in [2.05, 4.69) is 0 Å². The first-order valence-electron chi connectivity index (χ1n) is 2.54. The number of hydrogen-bond donors (Lipinski definition) is 2. The summed E-state index contributed by atoms with van der Waals surface area (Å²) in [6, 6.07) is -1.12. The predicted molar refractivity (Wildman–Crippen MR) is 35.1 cm³/mol. The molecule has 0 radical (unpaired) electrons. The topological polar surface area (TPSA) is 97.5 Å². The van der Waals surface area contributed by atoms with Crippen LogP contribution in [0.15, 0.2) is 0 Å². The van der Waals surface area contributed by atoms with Gasteiger partial charge in [0.1, 0.15) is 5.78 Å². The van der Waals surface area contributed by atoms with E-state index in [9.17, 15) is 13.2 Å². The molecular weight excluding hydrogens is 158 g/mol. The van der Waals surface area contributed by atoms with E-state index in [4.69, 9.17) is 10.3 Å². The first kappa shape index (κ1) is 9.54. The van der Waals surface area contributed by atoms with Crippen LogP contribution in [0.5, 0.6) is 0 Å². The summed E-state index contributed by atoms with van der Waals surface area (Å²) in [6.07, 6.45) is 0. The van der Waals surface area contributed by atoms with E-state index >= 15 is 0 Å². The Bertz CT molecular complexity index is 219. The molecule has 0 aromatic carbocycles. The van der Waals surface area contributed by atoms with Crippen molar-refractivity contribution in [3.8, 4) is 0 Å². The highest BCUT2D eigenvalue weighted by atomic mass is 32.2. The minimum atomic E-state index is -4.11. The number of Topliss-reactive ketones (excluding diaryl/α,β-unsaturated/α-hetero) is 1. The molecule has 0 rings (SSSR count). The lowest BCUT2D eigenvalue weighted by Gasteiger charge is -2.02. The van der Waals surface area contributed by atoms with Gasteiger partial charge in [0.2, 0.25) is 0 Å². The van der Waals surface area contributed by atoms with Crippen LogP contribution in [0.3, 0.4) is 0 Å². The van der Waals surface area contributed by atoms with Gasteiger partial charge in [-0.05, 0) is 6.92 Å². The zero-order valence-electron chi connectivity index (χ0n) is 5.44. The third-order valence-corrected chi connectivity index (χ3v) is 1.69. The van der Waals surface area contributed by atoms with Crippen molar-refractivity contribution in [3.63, 3.8) is 0 Å². The van der Waals surface area contributed by atoms with Gasteiger partial charge in [-0.1, -0.05) is 0 Å². The summed E-state index contributed by atoms with van der Waals surface area (Å²) in [4.78, 5) is 10.3. The van der Waals surface area contributed by atoms with Crippen molar-refractivity contribution in [2.75, 3.05) is 5.75 Å². The fraction of sp³-hybridized carbons (Fsp3) is 0.750. The maximum atomic E-state index is 10.3. The highest BCUT2D eigenvalue weighted by Gasteiger charge is 2.15. The summed E-state index contributed by atoms with van der Waals surface area (Å²) in [5.74, 6) is -1.17.